The van der Waals surface area contributed by atoms with Crippen LogP contribution in [0.2, 0.25) is 0 Å². The summed E-state index contributed by atoms with van der Waals surface area (Å²) < 4.78 is 7.44. The number of nitrogens with zero attached hydrogens (tertiary/aromatic N) is 2. The maximum Gasteiger partial charge on any atom is 0.145 e. The van der Waals surface area contributed by atoms with E-state index < -0.39 is 0 Å². The molecule has 0 bridgehead atoms. The van der Waals surface area contributed by atoms with Crippen molar-refractivity contribution in [3.8, 4) is 22.8 Å². The summed E-state index contributed by atoms with van der Waals surface area (Å²) in [6.07, 6.45) is 0. The largest absolute Gasteiger partial charge is 0.497 e. The molecule has 0 aliphatic heterocycles. The number of imidazole rings is 1. The van der Waals surface area contributed by atoms with Crippen molar-refractivity contribution in [2.45, 2.75) is 0 Å². The van der Waals surface area contributed by atoms with Gasteiger partial charge in [-0.15, -0.1) is 0 Å². The fraction of sp³-hybridized carbons (Fsp3) is 0.0500. The van der Waals surface area contributed by atoms with E-state index in [2.05, 4.69) is 22.8 Å². The van der Waals surface area contributed by atoms with Gasteiger partial charge in [-0.3, -0.25) is 4.57 Å². The number of methoxy groups -OCH3 is 1. The zero-order valence-corrected chi connectivity index (χ0v) is 12.8. The third-order valence-corrected chi connectivity index (χ3v) is 3.92. The second-order valence-electron chi connectivity index (χ2n) is 5.32. The fourth-order valence-electron chi connectivity index (χ4n) is 2.80. The molecule has 3 heteroatoms. The number of aromatic nitrogens is 2. The van der Waals surface area contributed by atoms with E-state index in [4.69, 9.17) is 9.72 Å². The highest BCUT2D eigenvalue weighted by atomic mass is 16.5. The summed E-state index contributed by atoms with van der Waals surface area (Å²) in [4.78, 5) is 4.84. The number of rotatable bonds is 3. The Bertz CT molecular complexity index is 940. The fourth-order valence-corrected chi connectivity index (χ4v) is 2.80. The number of para-hydroxylation sites is 3. The Labute approximate surface area is 134 Å². The maximum absolute atomic E-state index is 5.25. The maximum atomic E-state index is 5.25. The monoisotopic (exact) mass is 300 g/mol. The highest BCUT2D eigenvalue weighted by molar-refractivity contribution is 5.83. The molecule has 0 aliphatic rings. The summed E-state index contributed by atoms with van der Waals surface area (Å²) >= 11 is 0. The number of benzene rings is 3. The molecule has 0 fully saturated rings. The van der Waals surface area contributed by atoms with Crippen LogP contribution < -0.4 is 4.74 Å². The average molecular weight is 300 g/mol. The van der Waals surface area contributed by atoms with E-state index in [0.29, 0.717) is 0 Å². The number of ether oxygens (including phenoxy) is 1. The first-order valence-corrected chi connectivity index (χ1v) is 7.54. The van der Waals surface area contributed by atoms with Gasteiger partial charge in [0.25, 0.3) is 0 Å². The Balaban J connectivity index is 1.98. The Morgan fingerprint density at radius 2 is 1.48 bits per heavy atom. The molecule has 0 amide bonds. The van der Waals surface area contributed by atoms with Gasteiger partial charge in [0.15, 0.2) is 0 Å². The molecule has 0 aliphatic carbocycles. The molecule has 0 atom stereocenters. The van der Waals surface area contributed by atoms with Gasteiger partial charge in [0.05, 0.1) is 18.1 Å². The highest BCUT2D eigenvalue weighted by Crippen LogP contribution is 2.29. The van der Waals surface area contributed by atoms with Crippen molar-refractivity contribution in [2.75, 3.05) is 7.11 Å². The number of hydrogen-bond acceptors (Lipinski definition) is 2. The summed E-state index contributed by atoms with van der Waals surface area (Å²) in [6, 6.07) is 26.5. The molecule has 112 valence electrons. The van der Waals surface area contributed by atoms with Crippen molar-refractivity contribution in [1.82, 2.24) is 9.55 Å². The van der Waals surface area contributed by atoms with Gasteiger partial charge in [-0.1, -0.05) is 30.3 Å². The van der Waals surface area contributed by atoms with Crippen LogP contribution in [0.15, 0.2) is 78.9 Å². The smallest absolute Gasteiger partial charge is 0.145 e. The minimum Gasteiger partial charge on any atom is -0.497 e. The minimum atomic E-state index is 0.844. The molecule has 4 aromatic rings. The van der Waals surface area contributed by atoms with Crippen molar-refractivity contribution in [2.24, 2.45) is 0 Å². The molecule has 3 aromatic carbocycles. The average Bonchev–Trinajstić information content (AvgIpc) is 3.02. The van der Waals surface area contributed by atoms with Gasteiger partial charge in [-0.25, -0.2) is 4.98 Å². The first kappa shape index (κ1) is 13.6. The van der Waals surface area contributed by atoms with Gasteiger partial charge in [0.1, 0.15) is 11.6 Å². The molecular formula is C20H16N2O. The lowest BCUT2D eigenvalue weighted by Crippen LogP contribution is -1.97. The predicted molar refractivity (Wildman–Crippen MR) is 93.1 cm³/mol. The Morgan fingerprint density at radius 1 is 0.783 bits per heavy atom. The van der Waals surface area contributed by atoms with Gasteiger partial charge in [-0.05, 0) is 48.5 Å². The Hall–Kier alpha value is -3.07. The van der Waals surface area contributed by atoms with E-state index in [1.54, 1.807) is 7.11 Å². The SMILES string of the molecule is COc1ccc(-c2nc3ccccc3n2-c2ccccc2)cc1. The lowest BCUT2D eigenvalue weighted by molar-refractivity contribution is 0.415. The van der Waals surface area contributed by atoms with Crippen molar-refractivity contribution in [1.29, 1.82) is 0 Å². The van der Waals surface area contributed by atoms with Crippen LogP contribution in [0.5, 0.6) is 5.75 Å². The summed E-state index contributed by atoms with van der Waals surface area (Å²) in [5.41, 5.74) is 4.25. The van der Waals surface area contributed by atoms with Crippen LogP contribution in [0.3, 0.4) is 0 Å². The first-order chi connectivity index (χ1) is 11.4. The van der Waals surface area contributed by atoms with Crippen molar-refractivity contribution >= 4 is 11.0 Å². The molecule has 3 nitrogen and oxygen atoms in total. The Kier molecular flexibility index (Phi) is 3.31. The van der Waals surface area contributed by atoms with Crippen LogP contribution in [0, 0.1) is 0 Å². The topological polar surface area (TPSA) is 27.1 Å². The summed E-state index contributed by atoms with van der Waals surface area (Å²) in [6.45, 7) is 0. The van der Waals surface area contributed by atoms with E-state index in [-0.39, 0.29) is 0 Å². The van der Waals surface area contributed by atoms with Crippen LogP contribution in [-0.4, -0.2) is 16.7 Å². The molecule has 0 spiro atoms. The van der Waals surface area contributed by atoms with Crippen LogP contribution >= 0.6 is 0 Å². The normalized spacial score (nSPS) is 10.8. The molecule has 4 rings (SSSR count). The molecule has 0 N–H and O–H groups in total. The Morgan fingerprint density at radius 3 is 2.22 bits per heavy atom. The third-order valence-electron chi connectivity index (χ3n) is 3.92. The van der Waals surface area contributed by atoms with Crippen molar-refractivity contribution < 1.29 is 4.74 Å². The second-order valence-corrected chi connectivity index (χ2v) is 5.32. The van der Waals surface area contributed by atoms with E-state index in [1.807, 2.05) is 60.7 Å². The zero-order chi connectivity index (χ0) is 15.6. The van der Waals surface area contributed by atoms with Crippen molar-refractivity contribution in [3.63, 3.8) is 0 Å². The van der Waals surface area contributed by atoms with Gasteiger partial charge in [0, 0.05) is 11.3 Å². The molecule has 0 radical (unpaired) electrons. The van der Waals surface area contributed by atoms with Crippen LogP contribution in [0.25, 0.3) is 28.1 Å². The molecular weight excluding hydrogens is 284 g/mol. The van der Waals surface area contributed by atoms with Gasteiger partial charge >= 0.3 is 0 Å². The van der Waals surface area contributed by atoms with E-state index in [9.17, 15) is 0 Å². The van der Waals surface area contributed by atoms with Crippen LogP contribution in [0.1, 0.15) is 0 Å². The summed E-state index contributed by atoms with van der Waals surface area (Å²) in [5.74, 6) is 1.77. The number of hydrogen-bond donors (Lipinski definition) is 0. The van der Waals surface area contributed by atoms with E-state index in [0.717, 1.165) is 33.9 Å². The lowest BCUT2D eigenvalue weighted by atomic mass is 10.2. The molecule has 1 heterocycles. The van der Waals surface area contributed by atoms with Gasteiger partial charge < -0.3 is 4.74 Å². The lowest BCUT2D eigenvalue weighted by Gasteiger charge is -2.09. The molecule has 1 aromatic heterocycles. The van der Waals surface area contributed by atoms with Crippen LogP contribution in [-0.2, 0) is 0 Å². The third kappa shape index (κ3) is 2.36. The standard InChI is InChI=1S/C20H16N2O/c1-23-17-13-11-15(12-14-17)20-21-18-9-5-6-10-19(18)22(20)16-7-3-2-4-8-16/h2-14H,1H3. The highest BCUT2D eigenvalue weighted by Gasteiger charge is 2.13. The molecule has 0 saturated carbocycles. The minimum absolute atomic E-state index is 0.844. The molecule has 23 heavy (non-hydrogen) atoms. The molecule has 0 unspecified atom stereocenters. The first-order valence-electron chi connectivity index (χ1n) is 7.54. The second kappa shape index (κ2) is 5.61. The van der Waals surface area contributed by atoms with Gasteiger partial charge in [0.2, 0.25) is 0 Å². The quantitative estimate of drug-likeness (QED) is 0.548. The van der Waals surface area contributed by atoms with Crippen molar-refractivity contribution in [3.05, 3.63) is 78.9 Å². The van der Waals surface area contributed by atoms with E-state index >= 15 is 0 Å². The predicted octanol–water partition coefficient (Wildman–Crippen LogP) is 4.70. The van der Waals surface area contributed by atoms with E-state index in [1.165, 1.54) is 0 Å². The number of fused-ring (bicyclic) bond motifs is 1. The van der Waals surface area contributed by atoms with Crippen LogP contribution in [0.4, 0.5) is 0 Å². The zero-order valence-electron chi connectivity index (χ0n) is 12.8. The summed E-state index contributed by atoms with van der Waals surface area (Å²) in [5, 5.41) is 0. The summed E-state index contributed by atoms with van der Waals surface area (Å²) in [7, 11) is 1.67. The van der Waals surface area contributed by atoms with Gasteiger partial charge in [-0.2, -0.15) is 0 Å². The molecule has 0 saturated heterocycles.